The van der Waals surface area contributed by atoms with Crippen molar-refractivity contribution in [2.24, 2.45) is 0 Å². The molecule has 0 radical (unpaired) electrons. The zero-order valence-electron chi connectivity index (χ0n) is 43.9. The van der Waals surface area contributed by atoms with E-state index in [4.69, 9.17) is 33.2 Å². The molecule has 49 nitrogen and oxygen atoms in total. The van der Waals surface area contributed by atoms with Gasteiger partial charge in [-0.1, -0.05) is 0 Å². The van der Waals surface area contributed by atoms with Gasteiger partial charge in [0, 0.05) is 31.0 Å². The molecule has 5 fully saturated rings. The molecule has 5 aliphatic heterocycles. The van der Waals surface area contributed by atoms with Crippen molar-refractivity contribution < 1.29 is 224 Å². The largest absolute Gasteiger partial charge is 0.776 e. The summed E-state index contributed by atoms with van der Waals surface area (Å²) in [4.78, 5) is 33.6. The van der Waals surface area contributed by atoms with Crippen molar-refractivity contribution in [3.8, 4) is 0 Å². The summed E-state index contributed by atoms with van der Waals surface area (Å²) in [5.74, 6) is -6.50. The van der Waals surface area contributed by atoms with Crippen molar-refractivity contribution >= 4 is 103 Å². The van der Waals surface area contributed by atoms with Crippen LogP contribution in [0.2, 0.25) is 0 Å². The minimum Gasteiger partial charge on any atom is -0.776 e. The zero-order chi connectivity index (χ0) is 67.6. The van der Waals surface area contributed by atoms with E-state index in [0.717, 1.165) is 0 Å². The zero-order valence-corrected chi connectivity index (χ0v) is 50.5. The lowest BCUT2D eigenvalue weighted by Crippen LogP contribution is -2.65. The molecule has 534 valence electrons. The molecular formula is C33H49O49S8-11. The highest BCUT2D eigenvalue weighted by atomic mass is 32.3. The highest BCUT2D eigenvalue weighted by Gasteiger charge is 2.52. The molecule has 0 aromatic rings. The van der Waals surface area contributed by atoms with Crippen LogP contribution in [0.5, 0.6) is 0 Å². The molecule has 9 N–H and O–H groups in total. The number of hydrogen-bond acceptors (Lipinski definition) is 48. The van der Waals surface area contributed by atoms with Gasteiger partial charge >= 0.3 is 0 Å². The van der Waals surface area contributed by atoms with Gasteiger partial charge in [0.1, 0.15) is 91.6 Å². The molecule has 5 saturated heterocycles. The lowest BCUT2D eigenvalue weighted by atomic mass is 9.97. The van der Waals surface area contributed by atoms with Crippen LogP contribution in [0, 0.1) is 0 Å². The molecule has 0 aliphatic carbocycles. The normalized spacial score (nSPS) is 34.7. The average molecular weight is 1490 g/mol. The Bertz CT molecular complexity index is 3140. The van der Waals surface area contributed by atoms with Gasteiger partial charge in [-0.25, -0.2) is 58.9 Å². The van der Waals surface area contributed by atoms with Crippen LogP contribution in [0.4, 0.5) is 0 Å². The van der Waals surface area contributed by atoms with Crippen LogP contribution >= 0.6 is 12.3 Å². The number of aliphatic hydroxyl groups is 5. The molecule has 0 saturated carbocycles. The van der Waals surface area contributed by atoms with Gasteiger partial charge in [0.05, 0.1) is 60.2 Å². The van der Waals surface area contributed by atoms with Gasteiger partial charge in [-0.15, -0.1) is 12.3 Å². The van der Waals surface area contributed by atoms with Gasteiger partial charge in [-0.2, -0.15) is 0 Å². The van der Waals surface area contributed by atoms with Crippen molar-refractivity contribution in [1.29, 1.82) is 0 Å². The molecule has 0 amide bonds. The Kier molecular flexibility index (Phi) is 32.9. The third kappa shape index (κ3) is 29.5. The van der Waals surface area contributed by atoms with E-state index in [-0.39, 0.29) is 17.4 Å². The summed E-state index contributed by atoms with van der Waals surface area (Å²) in [6.07, 6.45) is -43.0. The second kappa shape index (κ2) is 34.8. The molecule has 0 aromatic carbocycles. The van der Waals surface area contributed by atoms with Crippen molar-refractivity contribution in [3.63, 3.8) is 0 Å². The molecule has 57 heteroatoms. The Morgan fingerprint density at radius 3 is 1.39 bits per heavy atom. The Morgan fingerprint density at radius 2 is 0.944 bits per heavy atom. The minimum absolute atomic E-state index is 0. The summed E-state index contributed by atoms with van der Waals surface area (Å²) in [6, 6.07) is 0. The summed E-state index contributed by atoms with van der Waals surface area (Å²) in [5, 5.41) is 83.7. The molecule has 5 rings (SSSR count). The average Bonchev–Trinajstić information content (AvgIpc) is 0.845. The first-order valence-corrected chi connectivity index (χ1v) is 33.3. The summed E-state index contributed by atoms with van der Waals surface area (Å²) in [5.41, 5.74) is 0. The fourth-order valence-corrected chi connectivity index (χ4v) is 11.8. The van der Waals surface area contributed by atoms with E-state index in [2.05, 4.69) is 29.3 Å². The van der Waals surface area contributed by atoms with Crippen LogP contribution in [0.15, 0.2) is 0 Å². The Hall–Kier alpha value is -2.75. The Morgan fingerprint density at radius 1 is 0.511 bits per heavy atom. The Labute approximate surface area is 511 Å². The SMILES string of the molecule is CC1OC(CCS(=O)(=O)[O-])CC(OS(=O)(=O)[O-])C1OS(=O)(=O)[O-].O.O.O=C([O-])C1OCC(O)C(O)C1OC1OC(COS(=O)(=O)[O-])C(O)C(O)C1OS(=O)(=O)[O-].O=C([O-])CC1CC(OS(=O)(=O)[O-])C(OS[O-])C(OC2C(C(=O)[O-])OCC(OS(=O)(=O)[O-])C2O)O1. The number of carboxylic acids is 3. The van der Waals surface area contributed by atoms with Crippen LogP contribution in [-0.2, 0) is 149 Å². The molecule has 0 bridgehead atoms. The molecule has 21 atom stereocenters. The molecule has 5 aliphatic rings. The monoisotopic (exact) mass is 1480 g/mol. The van der Waals surface area contributed by atoms with E-state index in [9.17, 15) is 151 Å². The number of ether oxygens (including phenoxy) is 7. The second-order valence-electron chi connectivity index (χ2n) is 18.0. The smallest absolute Gasteiger partial charge is 0.218 e. The van der Waals surface area contributed by atoms with E-state index in [1.165, 1.54) is 6.92 Å². The van der Waals surface area contributed by atoms with Crippen LogP contribution in [0.1, 0.15) is 32.6 Å². The van der Waals surface area contributed by atoms with Gasteiger partial charge in [-0.05, 0) is 13.3 Å². The third-order valence-electron chi connectivity index (χ3n) is 11.6. The number of carbonyl (C=O) groups is 3. The number of rotatable bonds is 26. The van der Waals surface area contributed by atoms with Crippen LogP contribution in [0.3, 0.4) is 0 Å². The molecule has 90 heavy (non-hydrogen) atoms. The number of aliphatic carboxylic acids is 3. The number of carboxylic acid groups (broad SMARTS) is 3. The first kappa shape index (κ1) is 85.3. The quantitative estimate of drug-likeness (QED) is 0.0305. The minimum atomic E-state index is -5.59. The molecule has 5 heterocycles. The van der Waals surface area contributed by atoms with Crippen LogP contribution in [0.25, 0.3) is 0 Å². The molecule has 21 unspecified atom stereocenters. The standard InChI is InChI=1S/C13H20O18S3.C12H20O17S2.C8H16O12S3.2H2O/c14-7(15)2-4-1-5(30-33(20,21)22)9(29-32-19)13(27-4)28-10-8(16)6(31-34(23,24)25)3-26-11(10)12(17)18;13-3-1-25-10(11(17)18)8(5(3)14)28-12-9(29-31(22,23)24)7(16)6(15)4(27-12)2-26-30(19,20)21;1-5-8(20-23(15,16)17)7(19-22(12,13)14)4-6(18-5)2-3-21(9,10)11;;/h4-6,8-11,13,16,19H,1-3H2,(H,14,15)(H,17,18)(H,20,21,22)(H,23,24,25);3-10,12-16H,1-2H2,(H,17,18)(H,19,20,21)(H,22,23,24);5-8H,2-4H2,1H3,(H,9,10,11)(H,12,13,14)(H,15,16,17);2*1H2/p-11. The van der Waals surface area contributed by atoms with Gasteiger partial charge < -0.3 is 140 Å². The van der Waals surface area contributed by atoms with Gasteiger partial charge in [0.15, 0.2) is 18.7 Å². The van der Waals surface area contributed by atoms with Gasteiger partial charge in [-0.3, -0.25) is 25.1 Å². The summed E-state index contributed by atoms with van der Waals surface area (Å²) in [7, 11) is -36.9. The first-order valence-electron chi connectivity index (χ1n) is 23.1. The van der Waals surface area contributed by atoms with Crippen molar-refractivity contribution in [2.45, 2.75) is 161 Å². The van der Waals surface area contributed by atoms with Crippen LogP contribution in [-0.4, -0.2) is 304 Å². The van der Waals surface area contributed by atoms with E-state index in [1.54, 1.807) is 0 Å². The van der Waals surface area contributed by atoms with Crippen molar-refractivity contribution in [1.82, 2.24) is 0 Å². The van der Waals surface area contributed by atoms with E-state index in [0.29, 0.717) is 0 Å². The fraction of sp³-hybridized carbons (Fsp3) is 0.909. The maximum atomic E-state index is 11.4. The second-order valence-corrected chi connectivity index (χ2v) is 25.9. The predicted octanol–water partition coefficient (Wildman–Crippen LogP) is -16.9. The molecule has 0 spiro atoms. The number of hydrogen-bond donors (Lipinski definition) is 5. The van der Waals surface area contributed by atoms with E-state index >= 15 is 0 Å². The van der Waals surface area contributed by atoms with E-state index in [1.807, 2.05) is 0 Å². The lowest BCUT2D eigenvalue weighted by molar-refractivity contribution is -0.351. The highest BCUT2D eigenvalue weighted by molar-refractivity contribution is 7.88. The van der Waals surface area contributed by atoms with Crippen LogP contribution < -0.4 is 15.3 Å². The molecule has 0 aromatic heterocycles. The van der Waals surface area contributed by atoms with E-state index < -0.39 is 276 Å². The molecular weight excluding hydrogens is 1440 g/mol. The fourth-order valence-electron chi connectivity index (χ4n) is 8.20. The summed E-state index contributed by atoms with van der Waals surface area (Å²) in [6.45, 7) is -1.63. The van der Waals surface area contributed by atoms with Crippen molar-refractivity contribution in [2.75, 3.05) is 25.6 Å². The summed E-state index contributed by atoms with van der Waals surface area (Å²) >= 11 is -0.648. The summed E-state index contributed by atoms with van der Waals surface area (Å²) < 4.78 is 302. The Balaban J connectivity index is 0.000000680. The third-order valence-corrected chi connectivity index (χ3v) is 15.4. The highest BCUT2D eigenvalue weighted by Crippen LogP contribution is 2.35. The van der Waals surface area contributed by atoms with Crippen molar-refractivity contribution in [3.05, 3.63) is 0 Å². The lowest BCUT2D eigenvalue weighted by Gasteiger charge is -2.46. The number of aliphatic hydroxyl groups excluding tert-OH is 5. The predicted molar refractivity (Wildman–Crippen MR) is 248 cm³/mol. The maximum Gasteiger partial charge on any atom is 0.218 e. The number of carbonyl (C=O) groups excluding carboxylic acids is 3. The van der Waals surface area contributed by atoms with Gasteiger partial charge in [0.25, 0.3) is 0 Å². The van der Waals surface area contributed by atoms with Gasteiger partial charge in [0.2, 0.25) is 62.4 Å². The topological polar surface area (TPSA) is 837 Å². The first-order chi connectivity index (χ1) is 39.9. The maximum absolute atomic E-state index is 11.4.